The maximum atomic E-state index is 12.2. The van der Waals surface area contributed by atoms with Crippen molar-refractivity contribution in [3.05, 3.63) is 48.0 Å². The van der Waals surface area contributed by atoms with Crippen LogP contribution in [0.15, 0.2) is 47.4 Å². The van der Waals surface area contributed by atoms with E-state index >= 15 is 0 Å². The van der Waals surface area contributed by atoms with Crippen molar-refractivity contribution in [1.82, 2.24) is 0 Å². The molecule has 0 aliphatic rings. The Labute approximate surface area is 156 Å². The molecule has 138 valence electrons. The number of carbonyl (C=O) groups excluding carboxylic acids is 2. The Morgan fingerprint density at radius 3 is 2.62 bits per heavy atom. The van der Waals surface area contributed by atoms with Crippen LogP contribution in [0.4, 0.5) is 5.69 Å². The molecule has 2 rings (SSSR count). The minimum atomic E-state index is -0.610. The van der Waals surface area contributed by atoms with Crippen molar-refractivity contribution in [1.29, 1.82) is 0 Å². The van der Waals surface area contributed by atoms with Crippen LogP contribution in [0.5, 0.6) is 11.5 Å². The van der Waals surface area contributed by atoms with Gasteiger partial charge in [-0.05, 0) is 49.6 Å². The predicted molar refractivity (Wildman–Crippen MR) is 101 cm³/mol. The summed E-state index contributed by atoms with van der Waals surface area (Å²) in [7, 11) is 1.52. The van der Waals surface area contributed by atoms with Crippen molar-refractivity contribution in [3.8, 4) is 11.5 Å². The molecule has 0 heterocycles. The van der Waals surface area contributed by atoms with Crippen molar-refractivity contribution in [2.75, 3.05) is 31.9 Å². The summed E-state index contributed by atoms with van der Waals surface area (Å²) in [5, 5.41) is 2.70. The third-order valence-electron chi connectivity index (χ3n) is 3.39. The quantitative estimate of drug-likeness (QED) is 0.561. The molecule has 0 atom stereocenters. The number of amides is 1. The lowest BCUT2D eigenvalue weighted by Gasteiger charge is -2.11. The van der Waals surface area contributed by atoms with E-state index in [4.69, 9.17) is 14.2 Å². The minimum Gasteiger partial charge on any atom is -0.493 e. The van der Waals surface area contributed by atoms with E-state index < -0.39 is 11.9 Å². The molecule has 0 saturated heterocycles. The summed E-state index contributed by atoms with van der Waals surface area (Å²) in [6.07, 6.45) is 1.95. The van der Waals surface area contributed by atoms with Gasteiger partial charge in [-0.2, -0.15) is 0 Å². The number of esters is 1. The average Bonchev–Trinajstić information content (AvgIpc) is 2.66. The van der Waals surface area contributed by atoms with Gasteiger partial charge in [0.2, 0.25) is 0 Å². The molecule has 0 aromatic heterocycles. The Kier molecular flexibility index (Phi) is 7.35. The largest absolute Gasteiger partial charge is 0.493 e. The second-order valence-corrected chi connectivity index (χ2v) is 6.03. The van der Waals surface area contributed by atoms with Gasteiger partial charge in [0.05, 0.1) is 19.3 Å². The summed E-state index contributed by atoms with van der Waals surface area (Å²) in [6.45, 7) is 1.89. The second kappa shape index (κ2) is 9.72. The highest BCUT2D eigenvalue weighted by Gasteiger charge is 2.14. The fraction of sp³-hybridized carbons (Fsp3) is 0.263. The molecule has 0 aliphatic heterocycles. The summed E-state index contributed by atoms with van der Waals surface area (Å²) in [5.41, 5.74) is 0.937. The Hall–Kier alpha value is -2.67. The van der Waals surface area contributed by atoms with Gasteiger partial charge >= 0.3 is 5.97 Å². The molecule has 0 aliphatic carbocycles. The topological polar surface area (TPSA) is 73.9 Å². The number of carbonyl (C=O) groups is 2. The maximum absolute atomic E-state index is 12.2. The van der Waals surface area contributed by atoms with E-state index in [1.807, 2.05) is 31.4 Å². The maximum Gasteiger partial charge on any atom is 0.338 e. The fourth-order valence-electron chi connectivity index (χ4n) is 2.18. The molecule has 1 amide bonds. The SMILES string of the molecule is CCOc1cc(C(=O)OCC(=O)Nc2cccc(SC)c2)ccc1OC. The molecule has 0 radical (unpaired) electrons. The van der Waals surface area contributed by atoms with Gasteiger partial charge < -0.3 is 19.5 Å². The zero-order valence-electron chi connectivity index (χ0n) is 14.9. The van der Waals surface area contributed by atoms with E-state index in [1.54, 1.807) is 30.0 Å². The normalized spacial score (nSPS) is 10.1. The van der Waals surface area contributed by atoms with Crippen LogP contribution >= 0.6 is 11.8 Å². The molecule has 7 heteroatoms. The number of rotatable bonds is 8. The van der Waals surface area contributed by atoms with E-state index in [1.165, 1.54) is 13.2 Å². The van der Waals surface area contributed by atoms with Gasteiger partial charge in [-0.25, -0.2) is 4.79 Å². The van der Waals surface area contributed by atoms with Crippen LogP contribution in [-0.2, 0) is 9.53 Å². The lowest BCUT2D eigenvalue weighted by molar-refractivity contribution is -0.119. The number of thioether (sulfide) groups is 1. The first-order valence-corrected chi connectivity index (χ1v) is 9.21. The van der Waals surface area contributed by atoms with E-state index in [2.05, 4.69) is 5.32 Å². The highest BCUT2D eigenvalue weighted by atomic mass is 32.2. The highest BCUT2D eigenvalue weighted by molar-refractivity contribution is 7.98. The van der Waals surface area contributed by atoms with E-state index in [-0.39, 0.29) is 12.2 Å². The summed E-state index contributed by atoms with van der Waals surface area (Å²) >= 11 is 1.58. The van der Waals surface area contributed by atoms with E-state index in [0.29, 0.717) is 23.8 Å². The van der Waals surface area contributed by atoms with Gasteiger partial charge in [0, 0.05) is 10.6 Å². The number of ether oxygens (including phenoxy) is 3. The van der Waals surface area contributed by atoms with E-state index in [0.717, 1.165) is 4.90 Å². The number of hydrogen-bond acceptors (Lipinski definition) is 6. The molecule has 6 nitrogen and oxygen atoms in total. The number of hydrogen-bond donors (Lipinski definition) is 1. The monoisotopic (exact) mass is 375 g/mol. The summed E-state index contributed by atoms with van der Waals surface area (Å²) < 4.78 is 15.7. The van der Waals surface area contributed by atoms with Crippen molar-refractivity contribution < 1.29 is 23.8 Å². The fourth-order valence-corrected chi connectivity index (χ4v) is 2.64. The molecule has 0 unspecified atom stereocenters. The lowest BCUT2D eigenvalue weighted by atomic mass is 10.2. The van der Waals surface area contributed by atoms with E-state index in [9.17, 15) is 9.59 Å². The Balaban J connectivity index is 1.95. The molecule has 1 N–H and O–H groups in total. The summed E-state index contributed by atoms with van der Waals surface area (Å²) in [5.74, 6) is -0.0469. The number of benzene rings is 2. The lowest BCUT2D eigenvalue weighted by Crippen LogP contribution is -2.21. The molecule has 2 aromatic rings. The number of methoxy groups -OCH3 is 1. The van der Waals surface area contributed by atoms with Crippen molar-refractivity contribution in [3.63, 3.8) is 0 Å². The Morgan fingerprint density at radius 1 is 1.12 bits per heavy atom. The van der Waals surface area contributed by atoms with Crippen LogP contribution in [0, 0.1) is 0 Å². The zero-order valence-corrected chi connectivity index (χ0v) is 15.7. The van der Waals surface area contributed by atoms with Gasteiger partial charge in [-0.3, -0.25) is 4.79 Å². The van der Waals surface area contributed by atoms with Crippen molar-refractivity contribution in [2.45, 2.75) is 11.8 Å². The second-order valence-electron chi connectivity index (χ2n) is 5.15. The molecular weight excluding hydrogens is 354 g/mol. The van der Waals surface area contributed by atoms with Gasteiger partial charge in [-0.15, -0.1) is 11.8 Å². The van der Waals surface area contributed by atoms with Crippen molar-refractivity contribution >= 4 is 29.3 Å². The van der Waals surface area contributed by atoms with Crippen LogP contribution in [0.3, 0.4) is 0 Å². The van der Waals surface area contributed by atoms with Gasteiger partial charge in [0.15, 0.2) is 18.1 Å². The molecule has 0 spiro atoms. The first-order chi connectivity index (χ1) is 12.6. The van der Waals surface area contributed by atoms with Crippen LogP contribution in [-0.4, -0.2) is 38.5 Å². The Morgan fingerprint density at radius 2 is 1.92 bits per heavy atom. The van der Waals surface area contributed by atoms with Crippen molar-refractivity contribution in [2.24, 2.45) is 0 Å². The standard InChI is InChI=1S/C19H21NO5S/c1-4-24-17-10-13(8-9-16(17)23-2)19(22)25-12-18(21)20-14-6-5-7-15(11-14)26-3/h5-11H,4,12H2,1-3H3,(H,20,21). The number of anilines is 1. The first-order valence-electron chi connectivity index (χ1n) is 7.99. The van der Waals surface area contributed by atoms with Crippen LogP contribution in [0.1, 0.15) is 17.3 Å². The first kappa shape index (κ1) is 19.7. The summed E-state index contributed by atoms with van der Waals surface area (Å²) in [6, 6.07) is 12.1. The smallest absolute Gasteiger partial charge is 0.338 e. The Bertz CT molecular complexity index is 778. The van der Waals surface area contributed by atoms with Crippen LogP contribution < -0.4 is 14.8 Å². The highest BCUT2D eigenvalue weighted by Crippen LogP contribution is 2.28. The zero-order chi connectivity index (χ0) is 18.9. The van der Waals surface area contributed by atoms with Gasteiger partial charge in [0.1, 0.15) is 0 Å². The van der Waals surface area contributed by atoms with Crippen LogP contribution in [0.2, 0.25) is 0 Å². The summed E-state index contributed by atoms with van der Waals surface area (Å²) in [4.78, 5) is 25.2. The average molecular weight is 375 g/mol. The molecular formula is C19H21NO5S. The third kappa shape index (κ3) is 5.42. The molecule has 0 saturated carbocycles. The van der Waals surface area contributed by atoms with Gasteiger partial charge in [-0.1, -0.05) is 6.07 Å². The third-order valence-corrected chi connectivity index (χ3v) is 4.11. The molecule has 0 fully saturated rings. The molecule has 26 heavy (non-hydrogen) atoms. The minimum absolute atomic E-state index is 0.284. The predicted octanol–water partition coefficient (Wildman–Crippen LogP) is 3.61. The van der Waals surface area contributed by atoms with Crippen LogP contribution in [0.25, 0.3) is 0 Å². The molecule has 0 bridgehead atoms. The molecule has 2 aromatic carbocycles. The number of nitrogens with one attached hydrogen (secondary N) is 1. The van der Waals surface area contributed by atoms with Gasteiger partial charge in [0.25, 0.3) is 5.91 Å².